The number of nitrogens with zero attached hydrogens (tertiary/aromatic N) is 4. The van der Waals surface area contributed by atoms with Crippen LogP contribution < -0.4 is 14.5 Å². The molecule has 2 heterocycles. The molecule has 1 aliphatic rings. The number of Topliss-reactive ketones (excluding diaryl/α,β-unsaturated/α-hetero) is 1. The maximum absolute atomic E-state index is 13.2. The summed E-state index contributed by atoms with van der Waals surface area (Å²) < 4.78 is 32.9. The Morgan fingerprint density at radius 3 is 1.97 bits per heavy atom. The Hall–Kier alpha value is -3.43. The molecule has 1 saturated heterocycles. The summed E-state index contributed by atoms with van der Waals surface area (Å²) in [6.07, 6.45) is 4.08. The maximum Gasteiger partial charge on any atom is 0.243 e. The molecule has 0 spiro atoms. The summed E-state index contributed by atoms with van der Waals surface area (Å²) in [6.45, 7) is 7.37. The van der Waals surface area contributed by atoms with Crippen molar-refractivity contribution in [2.24, 2.45) is 0 Å². The lowest BCUT2D eigenvalue weighted by atomic mass is 10.1. The summed E-state index contributed by atoms with van der Waals surface area (Å²) in [5.74, 6) is 0.629. The molecule has 0 amide bonds. The minimum Gasteiger partial charge on any atom is -0.497 e. The van der Waals surface area contributed by atoms with Crippen LogP contribution in [0.15, 0.2) is 65.8 Å². The Morgan fingerprint density at radius 1 is 0.921 bits per heavy atom. The molecule has 0 bridgehead atoms. The van der Waals surface area contributed by atoms with Gasteiger partial charge in [-0.3, -0.25) is 9.78 Å². The van der Waals surface area contributed by atoms with Crippen molar-refractivity contribution in [1.82, 2.24) is 9.29 Å². The average Bonchev–Trinajstić information content (AvgIpc) is 2.92. The predicted molar refractivity (Wildman–Crippen MR) is 151 cm³/mol. The van der Waals surface area contributed by atoms with Crippen LogP contribution in [0.1, 0.15) is 23.1 Å². The first-order valence-corrected chi connectivity index (χ1v) is 14.2. The van der Waals surface area contributed by atoms with Crippen LogP contribution in [0.4, 0.5) is 11.4 Å². The number of aromatic nitrogens is 1. The number of anilines is 2. The molecular formula is C29H36N4O4S. The molecule has 0 radical (unpaired) electrons. The van der Waals surface area contributed by atoms with Gasteiger partial charge in [-0.15, -0.1) is 0 Å². The van der Waals surface area contributed by atoms with Gasteiger partial charge in [-0.05, 0) is 66.9 Å². The van der Waals surface area contributed by atoms with Gasteiger partial charge in [0.25, 0.3) is 0 Å². The lowest BCUT2D eigenvalue weighted by molar-refractivity contribution is -0.118. The van der Waals surface area contributed by atoms with Gasteiger partial charge in [-0.25, -0.2) is 12.7 Å². The molecule has 0 unspecified atom stereocenters. The van der Waals surface area contributed by atoms with E-state index in [1.54, 1.807) is 33.1 Å². The summed E-state index contributed by atoms with van der Waals surface area (Å²) in [5.41, 5.74) is 4.52. The highest BCUT2D eigenvalue weighted by Gasteiger charge is 2.26. The molecule has 0 saturated carbocycles. The number of carbonyl (C=O) groups is 1. The standard InChI is InChI=1S/C29H36N4O4S/c1-22-19-28(37-4)20-23(2)29(22)38(35,36)31(3)14-11-27(34)21-24-5-7-25(8-6-24)32-15-17-33(18-16-32)26-9-12-30-13-10-26/h5-10,12-13,19-20H,11,14-18,21H2,1-4H3. The topological polar surface area (TPSA) is 83.0 Å². The Labute approximate surface area is 225 Å². The van der Waals surface area contributed by atoms with E-state index in [4.69, 9.17) is 4.74 Å². The fourth-order valence-electron chi connectivity index (χ4n) is 4.91. The number of hydrogen-bond acceptors (Lipinski definition) is 7. The summed E-state index contributed by atoms with van der Waals surface area (Å²) in [6, 6.07) is 15.6. The molecule has 1 fully saturated rings. The Morgan fingerprint density at radius 2 is 1.45 bits per heavy atom. The van der Waals surface area contributed by atoms with E-state index in [9.17, 15) is 13.2 Å². The highest BCUT2D eigenvalue weighted by Crippen LogP contribution is 2.28. The van der Waals surface area contributed by atoms with E-state index in [1.807, 2.05) is 36.7 Å². The van der Waals surface area contributed by atoms with E-state index in [0.717, 1.165) is 37.4 Å². The van der Waals surface area contributed by atoms with Gasteiger partial charge in [0.15, 0.2) is 0 Å². The van der Waals surface area contributed by atoms with Crippen molar-refractivity contribution in [1.29, 1.82) is 0 Å². The zero-order valence-electron chi connectivity index (χ0n) is 22.6. The lowest BCUT2D eigenvalue weighted by Crippen LogP contribution is -2.46. The van der Waals surface area contributed by atoms with Crippen LogP contribution in [-0.4, -0.2) is 70.4 Å². The van der Waals surface area contributed by atoms with Gasteiger partial charge in [0.2, 0.25) is 10.0 Å². The van der Waals surface area contributed by atoms with Crippen molar-refractivity contribution < 1.29 is 17.9 Å². The van der Waals surface area contributed by atoms with Gasteiger partial charge in [0.1, 0.15) is 11.5 Å². The summed E-state index contributed by atoms with van der Waals surface area (Å²) in [7, 11) is -0.643. The van der Waals surface area contributed by atoms with Crippen molar-refractivity contribution in [2.75, 3.05) is 56.7 Å². The third-order valence-electron chi connectivity index (χ3n) is 7.05. The third kappa shape index (κ3) is 6.34. The molecule has 38 heavy (non-hydrogen) atoms. The van der Waals surface area contributed by atoms with Crippen molar-refractivity contribution in [3.05, 3.63) is 77.6 Å². The lowest BCUT2D eigenvalue weighted by Gasteiger charge is -2.37. The first kappa shape index (κ1) is 27.6. The van der Waals surface area contributed by atoms with Crippen LogP contribution >= 0.6 is 0 Å². The smallest absolute Gasteiger partial charge is 0.243 e. The molecule has 0 aliphatic carbocycles. The minimum absolute atomic E-state index is 0.00828. The van der Waals surface area contributed by atoms with Crippen molar-refractivity contribution in [3.8, 4) is 5.75 Å². The summed E-state index contributed by atoms with van der Waals surface area (Å²) >= 11 is 0. The summed E-state index contributed by atoms with van der Waals surface area (Å²) in [4.78, 5) is 21.8. The highest BCUT2D eigenvalue weighted by molar-refractivity contribution is 7.89. The summed E-state index contributed by atoms with van der Waals surface area (Å²) in [5, 5.41) is 0. The third-order valence-corrected chi connectivity index (χ3v) is 9.22. The fraction of sp³-hybridized carbons (Fsp3) is 0.379. The molecular weight excluding hydrogens is 500 g/mol. The largest absolute Gasteiger partial charge is 0.497 e. The zero-order chi connectivity index (χ0) is 27.3. The Balaban J connectivity index is 1.29. The predicted octanol–water partition coefficient (Wildman–Crippen LogP) is 3.86. The molecule has 202 valence electrons. The molecule has 0 atom stereocenters. The second-order valence-electron chi connectivity index (χ2n) is 9.73. The zero-order valence-corrected chi connectivity index (χ0v) is 23.4. The van der Waals surface area contributed by atoms with E-state index in [-0.39, 0.29) is 30.1 Å². The molecule has 1 aliphatic heterocycles. The maximum atomic E-state index is 13.2. The fourth-order valence-corrected chi connectivity index (χ4v) is 6.49. The van der Waals surface area contributed by atoms with Gasteiger partial charge in [0.05, 0.1) is 12.0 Å². The van der Waals surface area contributed by atoms with Crippen molar-refractivity contribution in [3.63, 3.8) is 0 Å². The number of piperazine rings is 1. The molecule has 9 heteroatoms. The van der Waals surface area contributed by atoms with Gasteiger partial charge < -0.3 is 14.5 Å². The van der Waals surface area contributed by atoms with Crippen LogP contribution in [0, 0.1) is 13.8 Å². The van der Waals surface area contributed by atoms with Crippen molar-refractivity contribution >= 4 is 27.2 Å². The molecule has 0 N–H and O–H groups in total. The second kappa shape index (κ2) is 12.0. The van der Waals surface area contributed by atoms with Gasteiger partial charge in [0, 0.05) is 76.4 Å². The van der Waals surface area contributed by atoms with E-state index in [1.165, 1.54) is 17.0 Å². The number of sulfonamides is 1. The number of ketones is 1. The van der Waals surface area contributed by atoms with Crippen LogP contribution in [0.5, 0.6) is 5.75 Å². The van der Waals surface area contributed by atoms with Gasteiger partial charge >= 0.3 is 0 Å². The van der Waals surface area contributed by atoms with Crippen LogP contribution in [-0.2, 0) is 21.2 Å². The number of pyridine rings is 1. The Bertz CT molecular complexity index is 1330. The molecule has 2 aromatic carbocycles. The van der Waals surface area contributed by atoms with Crippen LogP contribution in [0.25, 0.3) is 0 Å². The number of carbonyl (C=O) groups excluding carboxylic acids is 1. The average molecular weight is 537 g/mol. The van der Waals surface area contributed by atoms with E-state index in [0.29, 0.717) is 16.9 Å². The number of aryl methyl sites for hydroxylation is 2. The first-order chi connectivity index (χ1) is 18.2. The quantitative estimate of drug-likeness (QED) is 0.389. The van der Waals surface area contributed by atoms with E-state index >= 15 is 0 Å². The van der Waals surface area contributed by atoms with Gasteiger partial charge in [-0.2, -0.15) is 0 Å². The second-order valence-corrected chi connectivity index (χ2v) is 11.7. The number of methoxy groups -OCH3 is 1. The SMILES string of the molecule is COc1cc(C)c(S(=O)(=O)N(C)CCC(=O)Cc2ccc(N3CCN(c4ccncc4)CC3)cc2)c(C)c1. The van der Waals surface area contributed by atoms with Gasteiger partial charge in [-0.1, -0.05) is 12.1 Å². The van der Waals surface area contributed by atoms with Crippen LogP contribution in [0.2, 0.25) is 0 Å². The van der Waals surface area contributed by atoms with Crippen molar-refractivity contribution in [2.45, 2.75) is 31.6 Å². The monoisotopic (exact) mass is 536 g/mol. The number of hydrogen-bond donors (Lipinski definition) is 0. The molecule has 4 rings (SSSR count). The molecule has 8 nitrogen and oxygen atoms in total. The van der Waals surface area contributed by atoms with Crippen LogP contribution in [0.3, 0.4) is 0 Å². The minimum atomic E-state index is -3.72. The Kier molecular flexibility index (Phi) is 8.69. The number of ether oxygens (including phenoxy) is 1. The molecule has 1 aromatic heterocycles. The highest BCUT2D eigenvalue weighted by atomic mass is 32.2. The number of benzene rings is 2. The molecule has 3 aromatic rings. The van der Waals surface area contributed by atoms with E-state index in [2.05, 4.69) is 26.9 Å². The normalized spacial score (nSPS) is 14.1. The first-order valence-electron chi connectivity index (χ1n) is 12.8. The van der Waals surface area contributed by atoms with E-state index < -0.39 is 10.0 Å². The number of rotatable bonds is 10.